The van der Waals surface area contributed by atoms with E-state index < -0.39 is 11.8 Å². The first-order valence-electron chi connectivity index (χ1n) is 8.19. The summed E-state index contributed by atoms with van der Waals surface area (Å²) in [5, 5.41) is 0. The second-order valence-corrected chi connectivity index (χ2v) is 6.80. The average molecular weight is 356 g/mol. The predicted octanol–water partition coefficient (Wildman–Crippen LogP) is 3.08. The van der Waals surface area contributed by atoms with E-state index in [-0.39, 0.29) is 11.0 Å². The fourth-order valence-corrected chi connectivity index (χ4v) is 2.36. The van der Waals surface area contributed by atoms with E-state index in [2.05, 4.69) is 31.6 Å². The van der Waals surface area contributed by atoms with Crippen molar-refractivity contribution in [3.8, 4) is 11.5 Å². The van der Waals surface area contributed by atoms with Gasteiger partial charge < -0.3 is 9.47 Å². The van der Waals surface area contributed by atoms with Crippen LogP contribution in [0.4, 0.5) is 0 Å². The summed E-state index contributed by atoms with van der Waals surface area (Å²) < 4.78 is 10.3. The molecule has 26 heavy (non-hydrogen) atoms. The molecule has 0 heterocycles. The lowest BCUT2D eigenvalue weighted by Gasteiger charge is -2.19. The molecule has 0 aliphatic carbocycles. The van der Waals surface area contributed by atoms with E-state index in [9.17, 15) is 9.59 Å². The van der Waals surface area contributed by atoms with Gasteiger partial charge in [-0.2, -0.15) is 0 Å². The van der Waals surface area contributed by atoms with Crippen molar-refractivity contribution in [3.05, 3.63) is 59.2 Å². The molecular weight excluding hydrogens is 332 g/mol. The maximum Gasteiger partial charge on any atom is 0.273 e. The highest BCUT2D eigenvalue weighted by Crippen LogP contribution is 2.24. The molecule has 0 atom stereocenters. The van der Waals surface area contributed by atoms with Gasteiger partial charge in [0.2, 0.25) is 0 Å². The van der Waals surface area contributed by atoms with Crippen LogP contribution in [0.3, 0.4) is 0 Å². The molecule has 2 N–H and O–H groups in total. The molecule has 138 valence electrons. The summed E-state index contributed by atoms with van der Waals surface area (Å²) in [6.45, 7) is 6.31. The van der Waals surface area contributed by atoms with Gasteiger partial charge in [-0.25, -0.2) is 0 Å². The molecule has 0 bridgehead atoms. The van der Waals surface area contributed by atoms with E-state index in [1.807, 2.05) is 12.1 Å². The van der Waals surface area contributed by atoms with Gasteiger partial charge in [0, 0.05) is 11.6 Å². The van der Waals surface area contributed by atoms with Crippen LogP contribution in [0.1, 0.15) is 47.1 Å². The number of hydrogen-bond donors (Lipinski definition) is 2. The Kier molecular flexibility index (Phi) is 5.87. The first-order valence-corrected chi connectivity index (χ1v) is 8.19. The Bertz CT molecular complexity index is 792. The standard InChI is InChI=1S/C20H24N2O4/c1-20(2,3)14-8-6-13(7-9-14)18(23)21-22-19(24)16-11-10-15(25-4)12-17(16)26-5/h6-12H,1-5H3,(H,21,23)(H,22,24). The monoisotopic (exact) mass is 356 g/mol. The third kappa shape index (κ3) is 4.53. The van der Waals surface area contributed by atoms with E-state index in [1.165, 1.54) is 14.2 Å². The Labute approximate surface area is 153 Å². The fraction of sp³-hybridized carbons (Fsp3) is 0.300. The molecule has 6 heteroatoms. The fourth-order valence-electron chi connectivity index (χ4n) is 2.36. The molecule has 0 saturated heterocycles. The molecule has 0 fully saturated rings. The maximum absolute atomic E-state index is 12.3. The van der Waals surface area contributed by atoms with E-state index in [4.69, 9.17) is 9.47 Å². The van der Waals surface area contributed by atoms with Crippen LogP contribution in [0.5, 0.6) is 11.5 Å². The summed E-state index contributed by atoms with van der Waals surface area (Å²) in [7, 11) is 2.99. The number of benzene rings is 2. The van der Waals surface area contributed by atoms with Gasteiger partial charge in [0.1, 0.15) is 11.5 Å². The van der Waals surface area contributed by atoms with Crippen LogP contribution >= 0.6 is 0 Å². The Morgan fingerprint density at radius 3 is 2.00 bits per heavy atom. The summed E-state index contributed by atoms with van der Waals surface area (Å²) >= 11 is 0. The lowest BCUT2D eigenvalue weighted by Crippen LogP contribution is -2.41. The number of rotatable bonds is 4. The molecule has 0 saturated carbocycles. The Morgan fingerprint density at radius 2 is 1.46 bits per heavy atom. The minimum atomic E-state index is -0.482. The zero-order chi connectivity index (χ0) is 19.3. The Hall–Kier alpha value is -3.02. The van der Waals surface area contributed by atoms with Crippen molar-refractivity contribution in [2.45, 2.75) is 26.2 Å². The molecule has 2 amide bonds. The minimum absolute atomic E-state index is 0.00808. The number of ether oxygens (including phenoxy) is 2. The minimum Gasteiger partial charge on any atom is -0.497 e. The quantitative estimate of drug-likeness (QED) is 0.826. The summed E-state index contributed by atoms with van der Waals surface area (Å²) in [5.41, 5.74) is 6.69. The van der Waals surface area contributed by atoms with Crippen LogP contribution in [-0.4, -0.2) is 26.0 Å². The van der Waals surface area contributed by atoms with Crippen molar-refractivity contribution in [1.82, 2.24) is 10.9 Å². The van der Waals surface area contributed by atoms with Crippen molar-refractivity contribution in [2.24, 2.45) is 0 Å². The highest BCUT2D eigenvalue weighted by Gasteiger charge is 2.16. The topological polar surface area (TPSA) is 76.7 Å². The Morgan fingerprint density at radius 1 is 0.846 bits per heavy atom. The SMILES string of the molecule is COc1ccc(C(=O)NNC(=O)c2ccc(C(C)(C)C)cc2)c(OC)c1. The molecule has 0 unspecified atom stereocenters. The number of amides is 2. The maximum atomic E-state index is 12.3. The van der Waals surface area contributed by atoms with Crippen LogP contribution in [-0.2, 0) is 5.41 Å². The molecule has 0 aromatic heterocycles. The van der Waals surface area contributed by atoms with Gasteiger partial charge in [0.15, 0.2) is 0 Å². The first-order chi connectivity index (χ1) is 12.3. The van der Waals surface area contributed by atoms with Gasteiger partial charge in [-0.15, -0.1) is 0 Å². The van der Waals surface area contributed by atoms with Gasteiger partial charge in [-0.3, -0.25) is 20.4 Å². The Balaban J connectivity index is 2.04. The number of hydrogen-bond acceptors (Lipinski definition) is 4. The number of hydrazine groups is 1. The van der Waals surface area contributed by atoms with E-state index >= 15 is 0 Å². The normalized spacial score (nSPS) is 10.8. The largest absolute Gasteiger partial charge is 0.497 e. The van der Waals surface area contributed by atoms with Crippen molar-refractivity contribution in [2.75, 3.05) is 14.2 Å². The molecule has 0 aliphatic rings. The number of nitrogens with one attached hydrogen (secondary N) is 2. The molecular formula is C20H24N2O4. The zero-order valence-corrected chi connectivity index (χ0v) is 15.7. The second kappa shape index (κ2) is 7.91. The van der Waals surface area contributed by atoms with Crippen LogP contribution < -0.4 is 20.3 Å². The first kappa shape index (κ1) is 19.3. The molecule has 0 radical (unpaired) electrons. The summed E-state index contributed by atoms with van der Waals surface area (Å²) in [4.78, 5) is 24.5. The van der Waals surface area contributed by atoms with Crippen LogP contribution in [0.25, 0.3) is 0 Å². The van der Waals surface area contributed by atoms with Gasteiger partial charge in [-0.05, 0) is 35.2 Å². The highest BCUT2D eigenvalue weighted by molar-refractivity contribution is 6.00. The van der Waals surface area contributed by atoms with Gasteiger partial charge in [-0.1, -0.05) is 32.9 Å². The number of carbonyl (C=O) groups excluding carboxylic acids is 2. The highest BCUT2D eigenvalue weighted by atomic mass is 16.5. The summed E-state index contributed by atoms with van der Waals surface area (Å²) in [5.74, 6) is 0.0439. The number of methoxy groups -OCH3 is 2. The van der Waals surface area contributed by atoms with Crippen molar-refractivity contribution >= 4 is 11.8 Å². The molecule has 6 nitrogen and oxygen atoms in total. The van der Waals surface area contributed by atoms with Crippen LogP contribution in [0.2, 0.25) is 0 Å². The molecule has 0 spiro atoms. The van der Waals surface area contributed by atoms with Gasteiger partial charge >= 0.3 is 0 Å². The van der Waals surface area contributed by atoms with Gasteiger partial charge in [0.05, 0.1) is 19.8 Å². The third-order valence-electron chi connectivity index (χ3n) is 3.96. The molecule has 2 aromatic rings. The molecule has 2 aromatic carbocycles. The van der Waals surface area contributed by atoms with Crippen LogP contribution in [0.15, 0.2) is 42.5 Å². The lowest BCUT2D eigenvalue weighted by molar-refractivity contribution is 0.0845. The lowest BCUT2D eigenvalue weighted by atomic mass is 9.87. The molecule has 0 aliphatic heterocycles. The number of carbonyl (C=O) groups is 2. The second-order valence-electron chi connectivity index (χ2n) is 6.80. The van der Waals surface area contributed by atoms with E-state index in [1.54, 1.807) is 30.3 Å². The zero-order valence-electron chi connectivity index (χ0n) is 15.7. The molecule has 2 rings (SSSR count). The summed E-state index contributed by atoms with van der Waals surface area (Å²) in [6.07, 6.45) is 0. The van der Waals surface area contributed by atoms with Crippen LogP contribution in [0, 0.1) is 0 Å². The third-order valence-corrected chi connectivity index (χ3v) is 3.96. The van der Waals surface area contributed by atoms with Crippen molar-refractivity contribution in [1.29, 1.82) is 0 Å². The van der Waals surface area contributed by atoms with Crippen molar-refractivity contribution in [3.63, 3.8) is 0 Å². The van der Waals surface area contributed by atoms with E-state index in [0.29, 0.717) is 17.1 Å². The summed E-state index contributed by atoms with van der Waals surface area (Å²) in [6, 6.07) is 12.1. The predicted molar refractivity (Wildman–Crippen MR) is 99.6 cm³/mol. The van der Waals surface area contributed by atoms with Crippen molar-refractivity contribution < 1.29 is 19.1 Å². The van der Waals surface area contributed by atoms with Gasteiger partial charge in [0.25, 0.3) is 11.8 Å². The van der Waals surface area contributed by atoms with E-state index in [0.717, 1.165) is 5.56 Å². The smallest absolute Gasteiger partial charge is 0.273 e. The average Bonchev–Trinajstić information content (AvgIpc) is 2.64.